The molecule has 0 bridgehead atoms. The highest BCUT2D eigenvalue weighted by molar-refractivity contribution is 7.98. The molecule has 0 unspecified atom stereocenters. The van der Waals surface area contributed by atoms with Crippen LogP contribution in [-0.4, -0.2) is 16.8 Å². The highest BCUT2D eigenvalue weighted by Crippen LogP contribution is 2.33. The van der Waals surface area contributed by atoms with E-state index in [-0.39, 0.29) is 11.7 Å². The summed E-state index contributed by atoms with van der Waals surface area (Å²) in [4.78, 5) is 14.3. The summed E-state index contributed by atoms with van der Waals surface area (Å²) in [5, 5.41) is 12.4. The number of fused-ring (bicyclic) bond motifs is 1. The van der Waals surface area contributed by atoms with Crippen LogP contribution in [0.2, 0.25) is 5.02 Å². The minimum Gasteiger partial charge on any atom is -0.508 e. The lowest BCUT2D eigenvalue weighted by Crippen LogP contribution is -2.10. The fourth-order valence-corrected chi connectivity index (χ4v) is 4.54. The first kappa shape index (κ1) is 13.8. The molecule has 1 aromatic carbocycles. The number of aryl methyl sites for hydroxylation is 1. The van der Waals surface area contributed by atoms with Gasteiger partial charge >= 0.3 is 0 Å². The number of nitrogens with one attached hydrogen (secondary N) is 1. The monoisotopic (exact) mass is 325 g/mol. The number of thioether (sulfide) groups is 1. The van der Waals surface area contributed by atoms with Crippen molar-refractivity contribution in [2.75, 3.05) is 11.1 Å². The number of halogens is 1. The van der Waals surface area contributed by atoms with Crippen LogP contribution >= 0.6 is 34.7 Å². The molecule has 2 heterocycles. The quantitative estimate of drug-likeness (QED) is 0.815. The number of rotatable bonds is 2. The van der Waals surface area contributed by atoms with E-state index in [0.29, 0.717) is 15.6 Å². The molecule has 20 heavy (non-hydrogen) atoms. The summed E-state index contributed by atoms with van der Waals surface area (Å²) in [6, 6.07) is 6.47. The molecule has 0 radical (unpaired) electrons. The van der Waals surface area contributed by atoms with Gasteiger partial charge in [0.15, 0.2) is 0 Å². The van der Waals surface area contributed by atoms with Crippen molar-refractivity contribution in [3.8, 4) is 5.75 Å². The van der Waals surface area contributed by atoms with E-state index in [1.54, 1.807) is 17.4 Å². The van der Waals surface area contributed by atoms with Gasteiger partial charge in [0.05, 0.1) is 15.6 Å². The molecule has 2 aromatic rings. The van der Waals surface area contributed by atoms with E-state index in [2.05, 4.69) is 5.32 Å². The second kappa shape index (κ2) is 5.68. The zero-order chi connectivity index (χ0) is 14.1. The molecule has 0 aliphatic carbocycles. The average molecular weight is 326 g/mol. The molecule has 1 aliphatic heterocycles. The van der Waals surface area contributed by atoms with Crippen LogP contribution in [0.1, 0.15) is 20.1 Å². The van der Waals surface area contributed by atoms with Crippen molar-refractivity contribution in [2.24, 2.45) is 0 Å². The highest BCUT2D eigenvalue weighted by atomic mass is 35.5. The van der Waals surface area contributed by atoms with Crippen LogP contribution in [0.5, 0.6) is 5.75 Å². The van der Waals surface area contributed by atoms with E-state index in [1.807, 2.05) is 17.8 Å². The van der Waals surface area contributed by atoms with E-state index < -0.39 is 0 Å². The third-order valence-corrected chi connectivity index (χ3v) is 5.61. The first-order chi connectivity index (χ1) is 9.63. The molecule has 1 amide bonds. The minimum absolute atomic E-state index is 0.0802. The maximum Gasteiger partial charge on any atom is 0.265 e. The van der Waals surface area contributed by atoms with E-state index in [0.717, 1.165) is 17.9 Å². The molecule has 0 saturated heterocycles. The number of phenols is 1. The average Bonchev–Trinajstić information content (AvgIpc) is 2.86. The van der Waals surface area contributed by atoms with E-state index >= 15 is 0 Å². The van der Waals surface area contributed by atoms with Crippen molar-refractivity contribution in [3.63, 3.8) is 0 Å². The highest BCUT2D eigenvalue weighted by Gasteiger charge is 2.18. The van der Waals surface area contributed by atoms with Gasteiger partial charge in [-0.05, 0) is 35.9 Å². The molecular weight excluding hydrogens is 314 g/mol. The molecule has 1 aliphatic rings. The topological polar surface area (TPSA) is 49.3 Å². The van der Waals surface area contributed by atoms with Crippen molar-refractivity contribution < 1.29 is 9.90 Å². The van der Waals surface area contributed by atoms with Gasteiger partial charge < -0.3 is 10.4 Å². The molecule has 0 fully saturated rings. The molecule has 104 valence electrons. The number of hydrogen-bond donors (Lipinski definition) is 2. The van der Waals surface area contributed by atoms with Gasteiger partial charge in [0.2, 0.25) is 0 Å². The first-order valence-electron chi connectivity index (χ1n) is 6.12. The summed E-state index contributed by atoms with van der Waals surface area (Å²) in [5.41, 5.74) is 1.78. The molecule has 0 spiro atoms. The zero-order valence-corrected chi connectivity index (χ0v) is 12.9. The van der Waals surface area contributed by atoms with Gasteiger partial charge in [0.25, 0.3) is 5.91 Å². The number of benzene rings is 1. The third kappa shape index (κ3) is 2.80. The maximum absolute atomic E-state index is 12.2. The van der Waals surface area contributed by atoms with E-state index in [4.69, 9.17) is 11.6 Å². The van der Waals surface area contributed by atoms with Crippen molar-refractivity contribution in [1.82, 2.24) is 0 Å². The Hall–Kier alpha value is -1.17. The Labute approximate surface area is 130 Å². The number of anilines is 1. The van der Waals surface area contributed by atoms with Crippen molar-refractivity contribution in [1.29, 1.82) is 0 Å². The zero-order valence-electron chi connectivity index (χ0n) is 10.5. The maximum atomic E-state index is 12.2. The van der Waals surface area contributed by atoms with Gasteiger partial charge in [0, 0.05) is 16.7 Å². The van der Waals surface area contributed by atoms with Crippen molar-refractivity contribution >= 4 is 46.3 Å². The van der Waals surface area contributed by atoms with Gasteiger partial charge in [-0.1, -0.05) is 11.6 Å². The molecular formula is C14H12ClNO2S2. The number of amides is 1. The predicted molar refractivity (Wildman–Crippen MR) is 85.3 cm³/mol. The second-order valence-corrected chi connectivity index (χ2v) is 7.13. The Morgan fingerprint density at radius 1 is 1.35 bits per heavy atom. The number of carbonyl (C=O) groups is 1. The Morgan fingerprint density at radius 3 is 2.95 bits per heavy atom. The standard InChI is InChI=1S/C14H12ClNO2S2/c15-10-6-9(17)1-2-11(10)16-14(18)13-5-8-7-19-4-3-12(8)20-13/h1-2,5-6,17H,3-4,7H2,(H,16,18). The SMILES string of the molecule is O=C(Nc1ccc(O)cc1Cl)c1cc2c(s1)CCSC2. The Morgan fingerprint density at radius 2 is 2.20 bits per heavy atom. The van der Waals surface area contributed by atoms with Crippen LogP contribution in [0, 0.1) is 0 Å². The molecule has 2 N–H and O–H groups in total. The summed E-state index contributed by atoms with van der Waals surface area (Å²) >= 11 is 9.44. The van der Waals surface area contributed by atoms with Crippen molar-refractivity contribution in [2.45, 2.75) is 12.2 Å². The van der Waals surface area contributed by atoms with Gasteiger partial charge in [-0.15, -0.1) is 11.3 Å². The van der Waals surface area contributed by atoms with Gasteiger partial charge in [-0.3, -0.25) is 4.79 Å². The Kier molecular flexibility index (Phi) is 3.92. The predicted octanol–water partition coefficient (Wildman–Crippen LogP) is 4.15. The second-order valence-electron chi connectivity index (χ2n) is 4.48. The number of aromatic hydroxyl groups is 1. The first-order valence-corrected chi connectivity index (χ1v) is 8.47. The fraction of sp³-hybridized carbons (Fsp3) is 0.214. The smallest absolute Gasteiger partial charge is 0.265 e. The normalized spacial score (nSPS) is 13.8. The lowest BCUT2D eigenvalue weighted by Gasteiger charge is -2.08. The summed E-state index contributed by atoms with van der Waals surface area (Å²) in [6.07, 6.45) is 1.04. The number of thiophene rings is 1. The van der Waals surface area contributed by atoms with Crippen LogP contribution in [0.15, 0.2) is 24.3 Å². The van der Waals surface area contributed by atoms with Crippen molar-refractivity contribution in [3.05, 3.63) is 44.6 Å². The van der Waals surface area contributed by atoms with Crippen LogP contribution in [0.4, 0.5) is 5.69 Å². The molecule has 1 aromatic heterocycles. The van der Waals surface area contributed by atoms with E-state index in [9.17, 15) is 9.90 Å². The summed E-state index contributed by atoms with van der Waals surface area (Å²) < 4.78 is 0. The number of phenolic OH excluding ortho intramolecular Hbond substituents is 1. The Bertz CT molecular complexity index is 646. The largest absolute Gasteiger partial charge is 0.508 e. The lowest BCUT2D eigenvalue weighted by atomic mass is 10.2. The molecule has 3 rings (SSSR count). The van der Waals surface area contributed by atoms with Crippen LogP contribution in [0.3, 0.4) is 0 Å². The number of carbonyl (C=O) groups excluding carboxylic acids is 1. The van der Waals surface area contributed by atoms with Crippen LogP contribution in [-0.2, 0) is 12.2 Å². The molecule has 6 heteroatoms. The third-order valence-electron chi connectivity index (χ3n) is 3.05. The van der Waals surface area contributed by atoms with Crippen LogP contribution in [0.25, 0.3) is 0 Å². The van der Waals surface area contributed by atoms with Gasteiger partial charge in [-0.2, -0.15) is 11.8 Å². The summed E-state index contributed by atoms with van der Waals surface area (Å²) in [5.74, 6) is 2.04. The number of hydrogen-bond acceptors (Lipinski definition) is 4. The lowest BCUT2D eigenvalue weighted by molar-refractivity contribution is 0.103. The van der Waals surface area contributed by atoms with Gasteiger partial charge in [0.1, 0.15) is 5.75 Å². The summed E-state index contributed by atoms with van der Waals surface area (Å²) in [7, 11) is 0. The Balaban J connectivity index is 1.80. The minimum atomic E-state index is -0.151. The molecule has 0 atom stereocenters. The summed E-state index contributed by atoms with van der Waals surface area (Å²) in [6.45, 7) is 0. The fourth-order valence-electron chi connectivity index (χ4n) is 2.05. The molecule has 3 nitrogen and oxygen atoms in total. The van der Waals surface area contributed by atoms with Gasteiger partial charge in [-0.25, -0.2) is 0 Å². The van der Waals surface area contributed by atoms with E-state index in [1.165, 1.54) is 22.6 Å². The van der Waals surface area contributed by atoms with Crippen LogP contribution < -0.4 is 5.32 Å². The molecule has 0 saturated carbocycles.